The van der Waals surface area contributed by atoms with Crippen LogP contribution in [0, 0.1) is 0 Å². The van der Waals surface area contributed by atoms with Crippen LogP contribution in [0.2, 0.25) is 0 Å². The van der Waals surface area contributed by atoms with Crippen LogP contribution in [0.5, 0.6) is 0 Å². The quantitative estimate of drug-likeness (QED) is 0.656. The molecule has 0 bridgehead atoms. The van der Waals surface area contributed by atoms with Crippen molar-refractivity contribution in [2.24, 2.45) is 5.73 Å². The summed E-state index contributed by atoms with van der Waals surface area (Å²) in [4.78, 5) is 22.5. The molecule has 1 rings (SSSR count). The van der Waals surface area contributed by atoms with E-state index in [0.717, 1.165) is 25.7 Å². The molecule has 1 saturated carbocycles. The maximum Gasteiger partial charge on any atom is 0.321 e. The van der Waals surface area contributed by atoms with Crippen LogP contribution in [0.3, 0.4) is 0 Å². The third-order valence-electron chi connectivity index (χ3n) is 2.90. The Balaban J connectivity index is 2.34. The van der Waals surface area contributed by atoms with E-state index in [4.69, 9.17) is 10.5 Å². The Labute approximate surface area is 101 Å². The van der Waals surface area contributed by atoms with E-state index < -0.39 is 18.0 Å². The summed E-state index contributed by atoms with van der Waals surface area (Å²) >= 11 is 0. The summed E-state index contributed by atoms with van der Waals surface area (Å²) in [6, 6.07) is -0.367. The highest BCUT2D eigenvalue weighted by Gasteiger charge is 2.24. The summed E-state index contributed by atoms with van der Waals surface area (Å²) in [6.45, 7) is 1.64. The molecule has 3 atom stereocenters. The van der Waals surface area contributed by atoms with E-state index in [-0.39, 0.29) is 12.1 Å². The van der Waals surface area contributed by atoms with Crippen molar-refractivity contribution in [1.82, 2.24) is 10.6 Å². The normalized spacial score (nSPS) is 26.1. The molecule has 98 valence electrons. The number of nitrogens with two attached hydrogens (primary N) is 1. The monoisotopic (exact) mass is 243 g/mol. The zero-order valence-corrected chi connectivity index (χ0v) is 10.4. The molecule has 3 unspecified atom stereocenters. The maximum atomic E-state index is 11.5. The lowest BCUT2D eigenvalue weighted by molar-refractivity contribution is -0.135. The number of hydrogen-bond acceptors (Lipinski definition) is 4. The van der Waals surface area contributed by atoms with Gasteiger partial charge in [0.05, 0.1) is 6.10 Å². The van der Waals surface area contributed by atoms with Gasteiger partial charge in [0.1, 0.15) is 6.10 Å². The van der Waals surface area contributed by atoms with Gasteiger partial charge in [-0.15, -0.1) is 0 Å². The van der Waals surface area contributed by atoms with Crippen LogP contribution in [0.1, 0.15) is 32.6 Å². The zero-order valence-electron chi connectivity index (χ0n) is 10.4. The third-order valence-corrected chi connectivity index (χ3v) is 2.90. The number of hydrogen-bond donors (Lipinski definition) is 3. The largest absolute Gasteiger partial charge is 0.365 e. The zero-order chi connectivity index (χ0) is 12.8. The number of carbonyl (C=O) groups excluding carboxylic acids is 2. The maximum absolute atomic E-state index is 11.5. The fourth-order valence-corrected chi connectivity index (χ4v) is 1.93. The highest BCUT2D eigenvalue weighted by Crippen LogP contribution is 2.20. The van der Waals surface area contributed by atoms with Gasteiger partial charge in [0.25, 0.3) is 5.91 Å². The van der Waals surface area contributed by atoms with Crippen LogP contribution in [0.4, 0.5) is 4.79 Å². The third kappa shape index (κ3) is 4.70. The lowest BCUT2D eigenvalue weighted by atomic mass is 9.93. The molecule has 0 aromatic rings. The molecule has 0 aromatic heterocycles. The number of rotatable bonds is 3. The number of amides is 3. The summed E-state index contributed by atoms with van der Waals surface area (Å²) < 4.78 is 5.60. The Kier molecular flexibility index (Phi) is 5.37. The van der Waals surface area contributed by atoms with Crippen molar-refractivity contribution >= 4 is 11.9 Å². The molecule has 1 aliphatic rings. The van der Waals surface area contributed by atoms with Crippen LogP contribution in [0.15, 0.2) is 0 Å². The van der Waals surface area contributed by atoms with Crippen molar-refractivity contribution in [1.29, 1.82) is 0 Å². The fourth-order valence-electron chi connectivity index (χ4n) is 1.93. The number of carbonyl (C=O) groups is 2. The van der Waals surface area contributed by atoms with Crippen molar-refractivity contribution in [2.75, 3.05) is 7.05 Å². The smallest absolute Gasteiger partial charge is 0.321 e. The molecule has 0 aromatic carbocycles. The van der Waals surface area contributed by atoms with E-state index in [1.807, 2.05) is 0 Å². The number of ether oxygens (including phenoxy) is 1. The Hall–Kier alpha value is -1.14. The van der Waals surface area contributed by atoms with Gasteiger partial charge in [-0.2, -0.15) is 0 Å². The highest BCUT2D eigenvalue weighted by molar-refractivity contribution is 5.96. The van der Waals surface area contributed by atoms with Crippen molar-refractivity contribution < 1.29 is 14.3 Å². The summed E-state index contributed by atoms with van der Waals surface area (Å²) in [6.07, 6.45) is 3.11. The lowest BCUT2D eigenvalue weighted by Gasteiger charge is -2.28. The summed E-state index contributed by atoms with van der Waals surface area (Å²) in [7, 11) is 1.45. The second kappa shape index (κ2) is 6.56. The molecule has 1 fully saturated rings. The standard InChI is InChI=1S/C11H21N3O3/c1-7(10(15)14-11(16)13-2)17-9-5-3-4-8(12)6-9/h7-9H,3-6,12H2,1-2H3,(H2,13,14,15,16). The summed E-state index contributed by atoms with van der Waals surface area (Å²) in [5.74, 6) is -0.427. The highest BCUT2D eigenvalue weighted by atomic mass is 16.5. The Morgan fingerprint density at radius 3 is 2.71 bits per heavy atom. The average Bonchev–Trinajstić information content (AvgIpc) is 2.28. The van der Waals surface area contributed by atoms with Crippen molar-refractivity contribution in [3.63, 3.8) is 0 Å². The van der Waals surface area contributed by atoms with E-state index in [0.29, 0.717) is 0 Å². The first-order chi connectivity index (χ1) is 8.02. The van der Waals surface area contributed by atoms with Gasteiger partial charge >= 0.3 is 6.03 Å². The molecule has 6 heteroatoms. The van der Waals surface area contributed by atoms with Crippen LogP contribution < -0.4 is 16.4 Å². The van der Waals surface area contributed by atoms with Gasteiger partial charge in [-0.05, 0) is 32.6 Å². The van der Waals surface area contributed by atoms with Crippen LogP contribution >= 0.6 is 0 Å². The van der Waals surface area contributed by atoms with E-state index >= 15 is 0 Å². The molecule has 17 heavy (non-hydrogen) atoms. The van der Waals surface area contributed by atoms with Crippen LogP contribution in [-0.4, -0.2) is 37.2 Å². The number of urea groups is 1. The molecule has 4 N–H and O–H groups in total. The molecular weight excluding hydrogens is 222 g/mol. The van der Waals surface area contributed by atoms with Crippen molar-refractivity contribution in [2.45, 2.75) is 50.9 Å². The second-order valence-corrected chi connectivity index (χ2v) is 4.40. The average molecular weight is 243 g/mol. The molecule has 0 saturated heterocycles. The predicted octanol–water partition coefficient (Wildman–Crippen LogP) is 0.117. The fraction of sp³-hybridized carbons (Fsp3) is 0.818. The Morgan fingerprint density at radius 1 is 1.41 bits per heavy atom. The molecule has 0 aliphatic heterocycles. The topological polar surface area (TPSA) is 93.5 Å². The van der Waals surface area contributed by atoms with Gasteiger partial charge in [-0.3, -0.25) is 10.1 Å². The number of nitrogens with one attached hydrogen (secondary N) is 2. The van der Waals surface area contributed by atoms with Gasteiger partial charge in [0.15, 0.2) is 0 Å². The van der Waals surface area contributed by atoms with Gasteiger partial charge < -0.3 is 15.8 Å². The lowest BCUT2D eigenvalue weighted by Crippen LogP contribution is -2.45. The first-order valence-corrected chi connectivity index (χ1v) is 5.96. The molecular formula is C11H21N3O3. The van der Waals surface area contributed by atoms with Gasteiger partial charge in [-0.1, -0.05) is 0 Å². The molecule has 0 radical (unpaired) electrons. The minimum Gasteiger partial charge on any atom is -0.365 e. The number of imide groups is 1. The minimum atomic E-state index is -0.636. The van der Waals surface area contributed by atoms with E-state index in [1.54, 1.807) is 6.92 Å². The molecule has 3 amide bonds. The van der Waals surface area contributed by atoms with Gasteiger partial charge in [-0.25, -0.2) is 4.79 Å². The van der Waals surface area contributed by atoms with Crippen LogP contribution in [-0.2, 0) is 9.53 Å². The molecule has 0 spiro atoms. The summed E-state index contributed by atoms with van der Waals surface area (Å²) in [5.41, 5.74) is 5.83. The first kappa shape index (κ1) is 13.9. The first-order valence-electron chi connectivity index (χ1n) is 5.96. The second-order valence-electron chi connectivity index (χ2n) is 4.40. The van der Waals surface area contributed by atoms with Crippen molar-refractivity contribution in [3.8, 4) is 0 Å². The van der Waals surface area contributed by atoms with Crippen molar-refractivity contribution in [3.05, 3.63) is 0 Å². The van der Waals surface area contributed by atoms with Gasteiger partial charge in [0, 0.05) is 13.1 Å². The molecule has 1 aliphatic carbocycles. The minimum absolute atomic E-state index is 0.0178. The van der Waals surface area contributed by atoms with E-state index in [9.17, 15) is 9.59 Å². The van der Waals surface area contributed by atoms with Crippen LogP contribution in [0.25, 0.3) is 0 Å². The predicted molar refractivity (Wildman–Crippen MR) is 63.4 cm³/mol. The Bertz CT molecular complexity index is 283. The molecule has 0 heterocycles. The van der Waals surface area contributed by atoms with E-state index in [1.165, 1.54) is 7.05 Å². The molecule has 6 nitrogen and oxygen atoms in total. The van der Waals surface area contributed by atoms with E-state index in [2.05, 4.69) is 10.6 Å². The Morgan fingerprint density at radius 2 is 2.12 bits per heavy atom. The van der Waals surface area contributed by atoms with Gasteiger partial charge in [0.2, 0.25) is 0 Å². The SMILES string of the molecule is CNC(=O)NC(=O)C(C)OC1CCCC(N)C1. The summed E-state index contributed by atoms with van der Waals surface area (Å²) in [5, 5.41) is 4.50.